The molecule has 0 aromatic carbocycles. The second-order valence-electron chi connectivity index (χ2n) is 5.27. The zero-order chi connectivity index (χ0) is 13.1. The van der Waals surface area contributed by atoms with E-state index in [4.69, 9.17) is 4.84 Å². The molecule has 0 saturated heterocycles. The summed E-state index contributed by atoms with van der Waals surface area (Å²) < 4.78 is 0. The van der Waals surface area contributed by atoms with Gasteiger partial charge in [0.2, 0.25) is 0 Å². The largest absolute Gasteiger partial charge is 0.511 e. The third-order valence-corrected chi connectivity index (χ3v) is 2.71. The van der Waals surface area contributed by atoms with Gasteiger partial charge in [0.05, 0.1) is 11.3 Å². The first-order valence-corrected chi connectivity index (χ1v) is 5.99. The summed E-state index contributed by atoms with van der Waals surface area (Å²) in [6.07, 6.45) is 1.81. The average molecular weight is 239 g/mol. The lowest BCUT2D eigenvalue weighted by molar-refractivity contribution is -0.118. The van der Waals surface area contributed by atoms with Crippen molar-refractivity contribution in [1.29, 1.82) is 0 Å². The topological polar surface area (TPSA) is 58.9 Å². The quantitative estimate of drug-likeness (QED) is 0.466. The van der Waals surface area contributed by atoms with Crippen LogP contribution in [-0.2, 0) is 9.63 Å². The Hall–Kier alpha value is -1.32. The average Bonchev–Trinajstić information content (AvgIpc) is 2.14. The maximum absolute atomic E-state index is 11.9. The second kappa shape index (κ2) is 5.34. The highest BCUT2D eigenvalue weighted by Crippen LogP contribution is 2.36. The summed E-state index contributed by atoms with van der Waals surface area (Å²) >= 11 is 0. The van der Waals surface area contributed by atoms with Gasteiger partial charge in [-0.1, -0.05) is 25.9 Å². The predicted molar refractivity (Wildman–Crippen MR) is 67.0 cm³/mol. The zero-order valence-corrected chi connectivity index (χ0v) is 11.0. The number of Topliss-reactive ketones (excluding diaryl/α,β-unsaturated/α-hetero) is 1. The van der Waals surface area contributed by atoms with Crippen molar-refractivity contribution in [3.05, 3.63) is 11.3 Å². The molecule has 0 aromatic heterocycles. The molecule has 0 fully saturated rings. The van der Waals surface area contributed by atoms with Crippen LogP contribution in [0.25, 0.3) is 0 Å². The molecule has 0 aliphatic heterocycles. The number of oxime groups is 1. The molecule has 0 unspecified atom stereocenters. The monoisotopic (exact) mass is 239 g/mol. The molecule has 17 heavy (non-hydrogen) atoms. The number of ketones is 1. The fourth-order valence-electron chi connectivity index (χ4n) is 1.98. The van der Waals surface area contributed by atoms with Crippen molar-refractivity contribution in [2.45, 2.75) is 47.0 Å². The molecule has 4 nitrogen and oxygen atoms in total. The number of nitrogens with zero attached hydrogens (tertiary/aromatic N) is 1. The van der Waals surface area contributed by atoms with Crippen molar-refractivity contribution in [2.24, 2.45) is 10.6 Å². The van der Waals surface area contributed by atoms with Crippen LogP contribution in [0.2, 0.25) is 0 Å². The normalized spacial score (nSPS) is 20.7. The lowest BCUT2D eigenvalue weighted by Gasteiger charge is -2.29. The summed E-state index contributed by atoms with van der Waals surface area (Å²) in [4.78, 5) is 17.0. The molecule has 0 spiro atoms. The fraction of sp³-hybridized carbons (Fsp3) is 0.692. The van der Waals surface area contributed by atoms with Crippen molar-refractivity contribution in [3.8, 4) is 0 Å². The third kappa shape index (κ3) is 3.58. The SMILES string of the molecule is CCCON=C(C)C1=C(O)CC(C)(C)CC1=O. The minimum atomic E-state index is -0.171. The van der Waals surface area contributed by atoms with Gasteiger partial charge >= 0.3 is 0 Å². The van der Waals surface area contributed by atoms with Crippen molar-refractivity contribution in [1.82, 2.24) is 0 Å². The van der Waals surface area contributed by atoms with E-state index in [0.717, 1.165) is 6.42 Å². The minimum absolute atomic E-state index is 0.0555. The van der Waals surface area contributed by atoms with Gasteiger partial charge in [-0.25, -0.2) is 0 Å². The van der Waals surface area contributed by atoms with Gasteiger partial charge in [-0.05, 0) is 18.8 Å². The van der Waals surface area contributed by atoms with Crippen LogP contribution in [0.3, 0.4) is 0 Å². The van der Waals surface area contributed by atoms with Gasteiger partial charge in [-0.2, -0.15) is 0 Å². The molecule has 0 radical (unpaired) electrons. The van der Waals surface area contributed by atoms with Gasteiger partial charge in [0.1, 0.15) is 12.4 Å². The van der Waals surface area contributed by atoms with Crippen LogP contribution in [0.15, 0.2) is 16.5 Å². The van der Waals surface area contributed by atoms with Crippen LogP contribution in [0.4, 0.5) is 0 Å². The first kappa shape index (κ1) is 13.7. The number of allylic oxidation sites excluding steroid dienone is 2. The molecule has 1 aliphatic rings. The maximum atomic E-state index is 11.9. The molecule has 0 aromatic rings. The Balaban J connectivity index is 2.89. The van der Waals surface area contributed by atoms with E-state index in [1.165, 1.54) is 0 Å². The highest BCUT2D eigenvalue weighted by Gasteiger charge is 2.34. The molecule has 0 saturated carbocycles. The zero-order valence-electron chi connectivity index (χ0n) is 11.0. The number of carbonyl (C=O) groups excluding carboxylic acids is 1. The van der Waals surface area contributed by atoms with Gasteiger partial charge < -0.3 is 9.94 Å². The first-order valence-electron chi connectivity index (χ1n) is 5.99. The van der Waals surface area contributed by atoms with Crippen molar-refractivity contribution < 1.29 is 14.7 Å². The first-order chi connectivity index (χ1) is 7.87. The Morgan fingerprint density at radius 3 is 2.65 bits per heavy atom. The molecular weight excluding hydrogens is 218 g/mol. The highest BCUT2D eigenvalue weighted by molar-refractivity contribution is 6.22. The highest BCUT2D eigenvalue weighted by atomic mass is 16.6. The van der Waals surface area contributed by atoms with Crippen molar-refractivity contribution in [2.75, 3.05) is 6.61 Å². The van der Waals surface area contributed by atoms with E-state index in [2.05, 4.69) is 5.16 Å². The van der Waals surface area contributed by atoms with Gasteiger partial charge in [0.15, 0.2) is 5.78 Å². The standard InChI is InChI=1S/C13H21NO3/c1-5-6-17-14-9(2)12-10(15)7-13(3,4)8-11(12)16/h15H,5-8H2,1-4H3. The molecule has 0 bridgehead atoms. The molecular formula is C13H21NO3. The number of hydrogen-bond acceptors (Lipinski definition) is 4. The Labute approximate surface area is 102 Å². The molecule has 1 aliphatic carbocycles. The summed E-state index contributed by atoms with van der Waals surface area (Å²) in [6, 6.07) is 0. The summed E-state index contributed by atoms with van der Waals surface area (Å²) in [7, 11) is 0. The number of aliphatic hydroxyl groups excluding tert-OH is 1. The number of aliphatic hydroxyl groups is 1. The van der Waals surface area contributed by atoms with Crippen LogP contribution in [0, 0.1) is 5.41 Å². The van der Waals surface area contributed by atoms with Crippen molar-refractivity contribution >= 4 is 11.5 Å². The maximum Gasteiger partial charge on any atom is 0.168 e. The van der Waals surface area contributed by atoms with E-state index in [1.54, 1.807) is 6.92 Å². The van der Waals surface area contributed by atoms with Gasteiger partial charge in [-0.3, -0.25) is 4.79 Å². The molecule has 96 valence electrons. The van der Waals surface area contributed by atoms with E-state index in [1.807, 2.05) is 20.8 Å². The van der Waals surface area contributed by atoms with E-state index >= 15 is 0 Å². The molecule has 0 amide bonds. The van der Waals surface area contributed by atoms with E-state index < -0.39 is 0 Å². The Kier molecular flexibility index (Phi) is 4.32. The van der Waals surface area contributed by atoms with Crippen LogP contribution < -0.4 is 0 Å². The molecule has 1 rings (SSSR count). The summed E-state index contributed by atoms with van der Waals surface area (Å²) in [5, 5.41) is 13.8. The molecule has 0 heterocycles. The Bertz CT molecular complexity index is 367. The molecule has 4 heteroatoms. The van der Waals surface area contributed by atoms with Crippen LogP contribution in [0.5, 0.6) is 0 Å². The molecule has 0 atom stereocenters. The summed E-state index contributed by atoms with van der Waals surface area (Å²) in [5.74, 6) is 0.0766. The smallest absolute Gasteiger partial charge is 0.168 e. The summed E-state index contributed by atoms with van der Waals surface area (Å²) in [5.41, 5.74) is 0.631. The number of hydrogen-bond donors (Lipinski definition) is 1. The van der Waals surface area contributed by atoms with Gasteiger partial charge in [0.25, 0.3) is 0 Å². The summed E-state index contributed by atoms with van der Waals surface area (Å²) in [6.45, 7) is 8.13. The van der Waals surface area contributed by atoms with Crippen LogP contribution in [-0.4, -0.2) is 23.2 Å². The Morgan fingerprint density at radius 2 is 2.12 bits per heavy atom. The number of rotatable bonds is 4. The van der Waals surface area contributed by atoms with Crippen LogP contribution >= 0.6 is 0 Å². The fourth-order valence-corrected chi connectivity index (χ4v) is 1.98. The van der Waals surface area contributed by atoms with E-state index in [-0.39, 0.29) is 17.0 Å². The minimum Gasteiger partial charge on any atom is -0.511 e. The lowest BCUT2D eigenvalue weighted by atomic mass is 9.76. The third-order valence-electron chi connectivity index (χ3n) is 2.71. The second-order valence-corrected chi connectivity index (χ2v) is 5.27. The number of carbonyl (C=O) groups is 1. The van der Waals surface area contributed by atoms with Crippen molar-refractivity contribution in [3.63, 3.8) is 0 Å². The van der Waals surface area contributed by atoms with Gasteiger partial charge in [0, 0.05) is 12.8 Å². The Morgan fingerprint density at radius 1 is 1.47 bits per heavy atom. The van der Waals surface area contributed by atoms with Crippen LogP contribution in [0.1, 0.15) is 47.0 Å². The lowest BCUT2D eigenvalue weighted by Crippen LogP contribution is -2.28. The van der Waals surface area contributed by atoms with E-state index in [0.29, 0.717) is 30.7 Å². The van der Waals surface area contributed by atoms with Gasteiger partial charge in [-0.15, -0.1) is 0 Å². The van der Waals surface area contributed by atoms with E-state index in [9.17, 15) is 9.90 Å². The molecule has 1 N–H and O–H groups in total. The predicted octanol–water partition coefficient (Wildman–Crippen LogP) is 2.99.